The number of alkyl carbamates (subject to hydrolysis) is 1. The van der Waals surface area contributed by atoms with Crippen LogP contribution in [0.4, 0.5) is 4.79 Å². The fraction of sp³-hybridized carbons (Fsp3) is 0.300. The summed E-state index contributed by atoms with van der Waals surface area (Å²) in [6.45, 7) is 2.05. The van der Waals surface area contributed by atoms with E-state index in [4.69, 9.17) is 14.6 Å². The topological polar surface area (TPSA) is 105 Å². The minimum Gasteiger partial charge on any atom is -0.481 e. The molecule has 0 saturated carbocycles. The molecule has 38 heavy (non-hydrogen) atoms. The molecule has 0 radical (unpaired) electrons. The maximum absolute atomic E-state index is 13.2. The summed E-state index contributed by atoms with van der Waals surface area (Å²) >= 11 is 0. The molecule has 0 fully saturated rings. The van der Waals surface area contributed by atoms with Gasteiger partial charge in [0, 0.05) is 19.5 Å². The number of carboxylic acid groups (broad SMARTS) is 1. The van der Waals surface area contributed by atoms with Gasteiger partial charge in [-0.3, -0.25) is 9.59 Å². The van der Waals surface area contributed by atoms with Gasteiger partial charge in [0.05, 0.1) is 19.1 Å². The molecule has 3 aromatic carbocycles. The predicted octanol–water partition coefficient (Wildman–Crippen LogP) is 4.43. The second kappa shape index (κ2) is 12.4. The molecule has 0 aromatic heterocycles. The van der Waals surface area contributed by atoms with Crippen molar-refractivity contribution in [3.63, 3.8) is 0 Å². The molecule has 198 valence electrons. The quantitative estimate of drug-likeness (QED) is 0.391. The van der Waals surface area contributed by atoms with Gasteiger partial charge >= 0.3 is 12.1 Å². The first-order chi connectivity index (χ1) is 18.3. The second-order valence-electron chi connectivity index (χ2n) is 9.35. The maximum Gasteiger partial charge on any atom is 0.407 e. The third-order valence-corrected chi connectivity index (χ3v) is 6.75. The Labute approximate surface area is 222 Å². The molecule has 2 N–H and O–H groups in total. The molecule has 2 atom stereocenters. The molecule has 2 amide bonds. The van der Waals surface area contributed by atoms with Crippen LogP contribution in [0, 0.1) is 0 Å². The Morgan fingerprint density at radius 3 is 2.11 bits per heavy atom. The largest absolute Gasteiger partial charge is 0.481 e. The molecule has 0 unspecified atom stereocenters. The van der Waals surface area contributed by atoms with E-state index in [1.54, 1.807) is 6.92 Å². The van der Waals surface area contributed by atoms with Crippen molar-refractivity contribution in [3.05, 3.63) is 95.6 Å². The highest BCUT2D eigenvalue weighted by atomic mass is 16.5. The Balaban J connectivity index is 1.44. The van der Waals surface area contributed by atoms with Crippen LogP contribution in [0.1, 0.15) is 36.0 Å². The van der Waals surface area contributed by atoms with Crippen LogP contribution < -0.4 is 5.32 Å². The van der Waals surface area contributed by atoms with Gasteiger partial charge in [-0.05, 0) is 34.7 Å². The number of nitrogens with one attached hydrogen (secondary N) is 1. The van der Waals surface area contributed by atoms with Crippen molar-refractivity contribution in [2.24, 2.45) is 0 Å². The van der Waals surface area contributed by atoms with E-state index < -0.39 is 30.1 Å². The Hall–Kier alpha value is -4.17. The third-order valence-electron chi connectivity index (χ3n) is 6.75. The molecule has 4 rings (SSSR count). The van der Waals surface area contributed by atoms with Gasteiger partial charge in [-0.1, -0.05) is 78.9 Å². The second-order valence-corrected chi connectivity index (χ2v) is 9.35. The lowest BCUT2D eigenvalue weighted by Crippen LogP contribution is -2.54. The Morgan fingerprint density at radius 1 is 0.921 bits per heavy atom. The first-order valence-electron chi connectivity index (χ1n) is 12.6. The number of nitrogens with zero attached hydrogens (tertiary/aromatic N) is 1. The van der Waals surface area contributed by atoms with Crippen LogP contribution in [0.15, 0.2) is 78.9 Å². The highest BCUT2D eigenvalue weighted by Crippen LogP contribution is 2.44. The molecule has 0 bridgehead atoms. The highest BCUT2D eigenvalue weighted by molar-refractivity contribution is 5.86. The summed E-state index contributed by atoms with van der Waals surface area (Å²) in [4.78, 5) is 38.5. The average molecular weight is 517 g/mol. The summed E-state index contributed by atoms with van der Waals surface area (Å²) in [5, 5.41) is 11.7. The number of hydrogen-bond donors (Lipinski definition) is 2. The average Bonchev–Trinajstić information content (AvgIpc) is 3.26. The van der Waals surface area contributed by atoms with Crippen molar-refractivity contribution in [1.29, 1.82) is 0 Å². The molecular formula is C30H32N2O6. The number of hydrogen-bond acceptors (Lipinski definition) is 5. The Kier molecular flexibility index (Phi) is 8.76. The van der Waals surface area contributed by atoms with E-state index in [9.17, 15) is 14.4 Å². The van der Waals surface area contributed by atoms with Crippen LogP contribution in [-0.2, 0) is 25.7 Å². The van der Waals surface area contributed by atoms with E-state index in [1.807, 2.05) is 66.7 Å². The van der Waals surface area contributed by atoms with Crippen LogP contribution in [0.25, 0.3) is 11.1 Å². The lowest BCUT2D eigenvalue weighted by atomic mass is 9.98. The Bertz CT molecular complexity index is 1230. The number of amides is 2. The van der Waals surface area contributed by atoms with Crippen LogP contribution in [0.2, 0.25) is 0 Å². The molecule has 0 saturated heterocycles. The van der Waals surface area contributed by atoms with E-state index >= 15 is 0 Å². The zero-order valence-electron chi connectivity index (χ0n) is 21.5. The van der Waals surface area contributed by atoms with Gasteiger partial charge < -0.3 is 24.8 Å². The number of carbonyl (C=O) groups excluding carboxylic acids is 2. The van der Waals surface area contributed by atoms with Crippen molar-refractivity contribution in [1.82, 2.24) is 10.2 Å². The van der Waals surface area contributed by atoms with Crippen molar-refractivity contribution in [2.45, 2.75) is 38.0 Å². The monoisotopic (exact) mass is 516 g/mol. The summed E-state index contributed by atoms with van der Waals surface area (Å²) in [5.74, 6) is -1.59. The molecule has 8 nitrogen and oxygen atoms in total. The van der Waals surface area contributed by atoms with Gasteiger partial charge in [0.25, 0.3) is 0 Å². The highest BCUT2D eigenvalue weighted by Gasteiger charge is 2.33. The minimum atomic E-state index is -1.06. The standard InChI is InChI=1S/C30H32N2O6/c1-20(37-18-21-10-4-3-5-11-21)28(29(35)32(2)17-16-27(33)34)31-30(36)38-19-26-24-14-8-6-12-22(24)23-13-7-9-15-25(23)26/h3-15,20,26,28H,16-19H2,1-2H3,(H,31,36)(H,33,34)/t20-,28+/m0/s1. The summed E-state index contributed by atoms with van der Waals surface area (Å²) in [6, 6.07) is 24.5. The van der Waals surface area contributed by atoms with Crippen LogP contribution in [0.3, 0.4) is 0 Å². The number of fused-ring (bicyclic) bond motifs is 3. The van der Waals surface area contributed by atoms with Gasteiger partial charge in [0.2, 0.25) is 5.91 Å². The number of carbonyl (C=O) groups is 3. The van der Waals surface area contributed by atoms with Gasteiger partial charge in [-0.25, -0.2) is 4.79 Å². The molecular weight excluding hydrogens is 484 g/mol. The van der Waals surface area contributed by atoms with E-state index in [0.717, 1.165) is 27.8 Å². The van der Waals surface area contributed by atoms with Gasteiger partial charge in [-0.15, -0.1) is 0 Å². The SMILES string of the molecule is C[C@H](OCc1ccccc1)[C@@H](NC(=O)OCC1c2ccccc2-c2ccccc21)C(=O)N(C)CCC(=O)O. The van der Waals surface area contributed by atoms with E-state index in [-0.39, 0.29) is 32.1 Å². The van der Waals surface area contributed by atoms with Crippen LogP contribution in [0.5, 0.6) is 0 Å². The van der Waals surface area contributed by atoms with Gasteiger partial charge in [0.1, 0.15) is 12.6 Å². The third kappa shape index (κ3) is 6.39. The number of carboxylic acids is 1. The van der Waals surface area contributed by atoms with Crippen molar-refractivity contribution < 1.29 is 29.0 Å². The molecule has 1 aliphatic carbocycles. The zero-order valence-corrected chi connectivity index (χ0v) is 21.5. The molecule has 0 spiro atoms. The smallest absolute Gasteiger partial charge is 0.407 e. The summed E-state index contributed by atoms with van der Waals surface area (Å²) < 4.78 is 11.6. The number of benzene rings is 3. The van der Waals surface area contributed by atoms with Gasteiger partial charge in [0.15, 0.2) is 0 Å². The fourth-order valence-electron chi connectivity index (χ4n) is 4.66. The first-order valence-corrected chi connectivity index (χ1v) is 12.6. The number of likely N-dealkylation sites (N-methyl/N-ethyl adjacent to an activating group) is 1. The van der Waals surface area contributed by atoms with Crippen LogP contribution in [-0.4, -0.2) is 60.3 Å². The van der Waals surface area contributed by atoms with E-state index in [0.29, 0.717) is 0 Å². The normalized spacial score (nSPS) is 13.6. The minimum absolute atomic E-state index is 0.00242. The summed E-state index contributed by atoms with van der Waals surface area (Å²) in [6.07, 6.45) is -1.65. The summed E-state index contributed by atoms with van der Waals surface area (Å²) in [7, 11) is 1.50. The van der Waals surface area contributed by atoms with Crippen molar-refractivity contribution in [2.75, 3.05) is 20.2 Å². The lowest BCUT2D eigenvalue weighted by Gasteiger charge is -2.28. The maximum atomic E-state index is 13.2. The Morgan fingerprint density at radius 2 is 1.50 bits per heavy atom. The first kappa shape index (κ1) is 26.9. The molecule has 0 aliphatic heterocycles. The predicted molar refractivity (Wildman–Crippen MR) is 143 cm³/mol. The lowest BCUT2D eigenvalue weighted by molar-refractivity contribution is -0.139. The van der Waals surface area contributed by atoms with E-state index in [2.05, 4.69) is 17.4 Å². The number of ether oxygens (including phenoxy) is 2. The van der Waals surface area contributed by atoms with Crippen LogP contribution >= 0.6 is 0 Å². The van der Waals surface area contributed by atoms with E-state index in [1.165, 1.54) is 11.9 Å². The fourth-order valence-corrected chi connectivity index (χ4v) is 4.66. The molecule has 0 heterocycles. The number of aliphatic carboxylic acids is 1. The zero-order chi connectivity index (χ0) is 27.1. The van der Waals surface area contributed by atoms with Gasteiger partial charge in [-0.2, -0.15) is 0 Å². The molecule has 1 aliphatic rings. The van der Waals surface area contributed by atoms with Crippen molar-refractivity contribution in [3.8, 4) is 11.1 Å². The number of rotatable bonds is 11. The molecule has 8 heteroatoms. The van der Waals surface area contributed by atoms with Crippen molar-refractivity contribution >= 4 is 18.0 Å². The molecule has 3 aromatic rings. The summed E-state index contributed by atoms with van der Waals surface area (Å²) in [5.41, 5.74) is 5.33.